The van der Waals surface area contributed by atoms with Crippen LogP contribution >= 0.6 is 12.4 Å². The number of hydrogen-bond donors (Lipinski definition) is 2. The van der Waals surface area contributed by atoms with Crippen molar-refractivity contribution in [2.45, 2.75) is 38.3 Å². The summed E-state index contributed by atoms with van der Waals surface area (Å²) in [5, 5.41) is 12.5. The SMILES string of the molecule is CCNC1CCCC1O.Cl. The number of hydrogen-bond acceptors (Lipinski definition) is 2. The minimum atomic E-state index is -0.0788. The Balaban J connectivity index is 0.000000810. The van der Waals surface area contributed by atoms with E-state index in [1.165, 1.54) is 6.42 Å². The van der Waals surface area contributed by atoms with Crippen molar-refractivity contribution in [1.82, 2.24) is 5.32 Å². The molecular formula is C7H16ClNO. The summed E-state index contributed by atoms with van der Waals surface area (Å²) in [6.07, 6.45) is 3.23. The molecule has 1 aliphatic rings. The zero-order valence-corrected chi connectivity index (χ0v) is 7.16. The van der Waals surface area contributed by atoms with Gasteiger partial charge in [-0.2, -0.15) is 0 Å². The third-order valence-corrected chi connectivity index (χ3v) is 1.95. The van der Waals surface area contributed by atoms with Gasteiger partial charge in [0.2, 0.25) is 0 Å². The monoisotopic (exact) mass is 165 g/mol. The highest BCUT2D eigenvalue weighted by molar-refractivity contribution is 5.85. The summed E-state index contributed by atoms with van der Waals surface area (Å²) in [6, 6.07) is 0.384. The van der Waals surface area contributed by atoms with Gasteiger partial charge in [-0.05, 0) is 25.8 Å². The molecule has 0 heterocycles. The van der Waals surface area contributed by atoms with Gasteiger partial charge in [-0.25, -0.2) is 0 Å². The lowest BCUT2D eigenvalue weighted by atomic mass is 10.2. The second-order valence-electron chi connectivity index (χ2n) is 2.66. The predicted molar refractivity (Wildman–Crippen MR) is 44.6 cm³/mol. The van der Waals surface area contributed by atoms with E-state index in [0.29, 0.717) is 6.04 Å². The van der Waals surface area contributed by atoms with Crippen LogP contribution in [0.2, 0.25) is 0 Å². The summed E-state index contributed by atoms with van der Waals surface area (Å²) < 4.78 is 0. The van der Waals surface area contributed by atoms with Gasteiger partial charge in [-0.1, -0.05) is 6.92 Å². The van der Waals surface area contributed by atoms with E-state index < -0.39 is 0 Å². The maximum absolute atomic E-state index is 9.26. The first kappa shape index (κ1) is 10.2. The maximum Gasteiger partial charge on any atom is 0.0693 e. The second kappa shape index (κ2) is 4.94. The molecule has 1 aliphatic carbocycles. The number of aliphatic hydroxyl groups is 1. The Labute approximate surface area is 68.4 Å². The van der Waals surface area contributed by atoms with E-state index >= 15 is 0 Å². The molecule has 0 aliphatic heterocycles. The van der Waals surface area contributed by atoms with Gasteiger partial charge in [-0.15, -0.1) is 12.4 Å². The molecular weight excluding hydrogens is 150 g/mol. The molecule has 2 N–H and O–H groups in total. The van der Waals surface area contributed by atoms with E-state index in [-0.39, 0.29) is 18.5 Å². The number of halogens is 1. The van der Waals surface area contributed by atoms with Gasteiger partial charge in [0.1, 0.15) is 0 Å². The minimum Gasteiger partial charge on any atom is -0.392 e. The molecule has 10 heavy (non-hydrogen) atoms. The first-order valence-corrected chi connectivity index (χ1v) is 3.76. The van der Waals surface area contributed by atoms with Gasteiger partial charge in [-0.3, -0.25) is 0 Å². The molecule has 0 aromatic carbocycles. The van der Waals surface area contributed by atoms with Crippen LogP contribution in [0.4, 0.5) is 0 Å². The number of aliphatic hydroxyl groups excluding tert-OH is 1. The van der Waals surface area contributed by atoms with Crippen molar-refractivity contribution in [3.8, 4) is 0 Å². The standard InChI is InChI=1S/C7H15NO.ClH/c1-2-8-6-4-3-5-7(6)9;/h6-9H,2-5H2,1H3;1H. The molecule has 0 amide bonds. The number of likely N-dealkylation sites (N-methyl/N-ethyl adjacent to an activating group) is 1. The highest BCUT2D eigenvalue weighted by atomic mass is 35.5. The summed E-state index contributed by atoms with van der Waals surface area (Å²) in [6.45, 7) is 3.05. The Morgan fingerprint density at radius 3 is 2.60 bits per heavy atom. The van der Waals surface area contributed by atoms with E-state index in [1.54, 1.807) is 0 Å². The van der Waals surface area contributed by atoms with Crippen LogP contribution in [0.15, 0.2) is 0 Å². The molecule has 2 nitrogen and oxygen atoms in total. The molecule has 2 atom stereocenters. The van der Waals surface area contributed by atoms with Crippen molar-refractivity contribution in [2.75, 3.05) is 6.54 Å². The lowest BCUT2D eigenvalue weighted by Gasteiger charge is -2.13. The zero-order valence-electron chi connectivity index (χ0n) is 6.34. The Hall–Kier alpha value is 0.210. The van der Waals surface area contributed by atoms with Crippen molar-refractivity contribution in [3.05, 3.63) is 0 Å². The number of nitrogens with one attached hydrogen (secondary N) is 1. The van der Waals surface area contributed by atoms with Crippen LogP contribution in [-0.2, 0) is 0 Å². The Kier molecular flexibility index (Phi) is 5.04. The quantitative estimate of drug-likeness (QED) is 0.638. The van der Waals surface area contributed by atoms with Crippen LogP contribution in [0, 0.1) is 0 Å². The Morgan fingerprint density at radius 2 is 2.20 bits per heavy atom. The average Bonchev–Trinajstić information content (AvgIpc) is 2.18. The van der Waals surface area contributed by atoms with E-state index in [4.69, 9.17) is 0 Å². The van der Waals surface area contributed by atoms with Gasteiger partial charge < -0.3 is 10.4 Å². The van der Waals surface area contributed by atoms with Crippen LogP contribution in [0.1, 0.15) is 26.2 Å². The lowest BCUT2D eigenvalue weighted by molar-refractivity contribution is 0.150. The Bertz CT molecular complexity index is 89.7. The third-order valence-electron chi connectivity index (χ3n) is 1.95. The lowest BCUT2D eigenvalue weighted by Crippen LogP contribution is -2.35. The fourth-order valence-corrected chi connectivity index (χ4v) is 1.44. The molecule has 1 rings (SSSR count). The van der Waals surface area contributed by atoms with Crippen LogP contribution in [0.25, 0.3) is 0 Å². The van der Waals surface area contributed by atoms with E-state index in [9.17, 15) is 5.11 Å². The number of rotatable bonds is 2. The summed E-state index contributed by atoms with van der Waals surface area (Å²) in [5.74, 6) is 0. The summed E-state index contributed by atoms with van der Waals surface area (Å²) in [5.41, 5.74) is 0. The van der Waals surface area contributed by atoms with Crippen LogP contribution < -0.4 is 5.32 Å². The third kappa shape index (κ3) is 2.45. The van der Waals surface area contributed by atoms with Crippen molar-refractivity contribution < 1.29 is 5.11 Å². The first-order chi connectivity index (χ1) is 4.34. The van der Waals surface area contributed by atoms with E-state index in [2.05, 4.69) is 12.2 Å². The molecule has 0 radical (unpaired) electrons. The summed E-state index contributed by atoms with van der Waals surface area (Å²) in [4.78, 5) is 0. The molecule has 3 heteroatoms. The van der Waals surface area contributed by atoms with Gasteiger partial charge in [0, 0.05) is 6.04 Å². The zero-order chi connectivity index (χ0) is 6.69. The predicted octanol–water partition coefficient (Wildman–Crippen LogP) is 0.931. The smallest absolute Gasteiger partial charge is 0.0693 e. The topological polar surface area (TPSA) is 32.3 Å². The van der Waals surface area contributed by atoms with Crippen LogP contribution in [-0.4, -0.2) is 23.8 Å². The summed E-state index contributed by atoms with van der Waals surface area (Å²) in [7, 11) is 0. The van der Waals surface area contributed by atoms with Crippen molar-refractivity contribution in [2.24, 2.45) is 0 Å². The molecule has 0 bridgehead atoms. The van der Waals surface area contributed by atoms with Gasteiger partial charge >= 0.3 is 0 Å². The Morgan fingerprint density at radius 1 is 1.50 bits per heavy atom. The molecule has 0 aromatic rings. The van der Waals surface area contributed by atoms with Gasteiger partial charge in [0.25, 0.3) is 0 Å². The highest BCUT2D eigenvalue weighted by Crippen LogP contribution is 2.18. The van der Waals surface area contributed by atoms with Crippen LogP contribution in [0.3, 0.4) is 0 Å². The van der Waals surface area contributed by atoms with Crippen LogP contribution in [0.5, 0.6) is 0 Å². The fourth-order valence-electron chi connectivity index (χ4n) is 1.44. The van der Waals surface area contributed by atoms with Crippen molar-refractivity contribution in [1.29, 1.82) is 0 Å². The second-order valence-corrected chi connectivity index (χ2v) is 2.66. The molecule has 0 spiro atoms. The summed E-state index contributed by atoms with van der Waals surface area (Å²) >= 11 is 0. The maximum atomic E-state index is 9.26. The fraction of sp³-hybridized carbons (Fsp3) is 1.00. The van der Waals surface area contributed by atoms with Gasteiger partial charge in [0.05, 0.1) is 6.10 Å². The van der Waals surface area contributed by atoms with E-state index in [1.807, 2.05) is 0 Å². The highest BCUT2D eigenvalue weighted by Gasteiger charge is 2.23. The van der Waals surface area contributed by atoms with Gasteiger partial charge in [0.15, 0.2) is 0 Å². The minimum absolute atomic E-state index is 0. The molecule has 1 fully saturated rings. The molecule has 0 saturated heterocycles. The average molecular weight is 166 g/mol. The molecule has 62 valence electrons. The molecule has 0 aromatic heterocycles. The van der Waals surface area contributed by atoms with E-state index in [0.717, 1.165) is 19.4 Å². The first-order valence-electron chi connectivity index (χ1n) is 3.76. The largest absolute Gasteiger partial charge is 0.392 e. The molecule has 1 saturated carbocycles. The van der Waals surface area contributed by atoms with Crippen molar-refractivity contribution in [3.63, 3.8) is 0 Å². The normalized spacial score (nSPS) is 31.8. The van der Waals surface area contributed by atoms with Crippen molar-refractivity contribution >= 4 is 12.4 Å². The molecule has 2 unspecified atom stereocenters.